The van der Waals surface area contributed by atoms with Crippen LogP contribution in [0.2, 0.25) is 5.02 Å². The maximum Gasteiger partial charge on any atom is 0.108 e. The minimum atomic E-state index is 0.150. The predicted molar refractivity (Wildman–Crippen MR) is 113 cm³/mol. The van der Waals surface area contributed by atoms with E-state index < -0.39 is 0 Å². The summed E-state index contributed by atoms with van der Waals surface area (Å²) in [5.41, 5.74) is 3.87. The number of nitrogens with one attached hydrogen (secondary N) is 1. The van der Waals surface area contributed by atoms with Crippen LogP contribution >= 0.6 is 39.3 Å². The van der Waals surface area contributed by atoms with Crippen molar-refractivity contribution < 1.29 is 0 Å². The monoisotopic (exact) mass is 434 g/mol. The van der Waals surface area contributed by atoms with Crippen LogP contribution in [0.15, 0.2) is 51.9 Å². The van der Waals surface area contributed by atoms with Gasteiger partial charge in [-0.2, -0.15) is 11.8 Å². The number of hydrogen-bond acceptors (Lipinski definition) is 2. The van der Waals surface area contributed by atoms with Gasteiger partial charge in [-0.05, 0) is 76.0 Å². The topological polar surface area (TPSA) is 24.4 Å². The van der Waals surface area contributed by atoms with Gasteiger partial charge in [0, 0.05) is 14.9 Å². The molecule has 2 aliphatic rings. The first-order valence-electron chi connectivity index (χ1n) is 8.58. The Kier molecular flexibility index (Phi) is 5.12. The van der Waals surface area contributed by atoms with Crippen LogP contribution in [0.25, 0.3) is 0 Å². The Labute approximate surface area is 166 Å². The molecule has 0 aromatic heterocycles. The molecular formula is C20H20BrClN2S. The number of benzene rings is 2. The SMILES string of the molecule is Clc1cccc(CN=C2Nc3c(Br)cccc3CC23CCSCC3)c1. The Morgan fingerprint density at radius 2 is 1.96 bits per heavy atom. The molecule has 2 aliphatic heterocycles. The molecule has 1 fully saturated rings. The molecule has 2 aromatic rings. The summed E-state index contributed by atoms with van der Waals surface area (Å²) in [4.78, 5) is 5.03. The van der Waals surface area contributed by atoms with E-state index in [2.05, 4.69) is 57.3 Å². The third kappa shape index (κ3) is 3.62. The van der Waals surface area contributed by atoms with E-state index in [4.69, 9.17) is 16.6 Å². The van der Waals surface area contributed by atoms with Crippen molar-refractivity contribution in [3.05, 3.63) is 63.1 Å². The highest BCUT2D eigenvalue weighted by Gasteiger charge is 2.41. The van der Waals surface area contributed by atoms with Gasteiger partial charge in [-0.25, -0.2) is 0 Å². The molecule has 0 amide bonds. The van der Waals surface area contributed by atoms with Crippen molar-refractivity contribution in [1.82, 2.24) is 0 Å². The van der Waals surface area contributed by atoms with E-state index in [0.29, 0.717) is 6.54 Å². The third-order valence-electron chi connectivity index (χ3n) is 5.13. The Bertz CT molecular complexity index is 815. The lowest BCUT2D eigenvalue weighted by Crippen LogP contribution is -2.44. The highest BCUT2D eigenvalue weighted by molar-refractivity contribution is 9.10. The normalized spacial score (nSPS) is 20.3. The molecule has 2 nitrogen and oxygen atoms in total. The summed E-state index contributed by atoms with van der Waals surface area (Å²) in [7, 11) is 0. The second-order valence-electron chi connectivity index (χ2n) is 6.76. The van der Waals surface area contributed by atoms with Crippen molar-refractivity contribution in [1.29, 1.82) is 0 Å². The largest absolute Gasteiger partial charge is 0.342 e. The maximum atomic E-state index is 6.12. The summed E-state index contributed by atoms with van der Waals surface area (Å²) in [5, 5.41) is 4.44. The Morgan fingerprint density at radius 3 is 2.76 bits per heavy atom. The Morgan fingerprint density at radius 1 is 1.16 bits per heavy atom. The van der Waals surface area contributed by atoms with Gasteiger partial charge in [-0.15, -0.1) is 0 Å². The van der Waals surface area contributed by atoms with E-state index in [0.717, 1.165) is 27.3 Å². The average molecular weight is 436 g/mol. The highest BCUT2D eigenvalue weighted by atomic mass is 79.9. The lowest BCUT2D eigenvalue weighted by atomic mass is 9.73. The maximum absolute atomic E-state index is 6.12. The molecule has 0 radical (unpaired) electrons. The number of nitrogens with zero attached hydrogens (tertiary/aromatic N) is 1. The summed E-state index contributed by atoms with van der Waals surface area (Å²) in [6, 6.07) is 14.5. The Hall–Kier alpha value is -0.970. The van der Waals surface area contributed by atoms with Crippen molar-refractivity contribution >= 4 is 50.8 Å². The van der Waals surface area contributed by atoms with E-state index in [-0.39, 0.29) is 5.41 Å². The zero-order valence-corrected chi connectivity index (χ0v) is 17.1. The second kappa shape index (κ2) is 7.34. The zero-order chi connectivity index (χ0) is 17.3. The first-order valence-corrected chi connectivity index (χ1v) is 10.9. The molecule has 1 spiro atoms. The summed E-state index contributed by atoms with van der Waals surface area (Å²) < 4.78 is 1.11. The van der Waals surface area contributed by atoms with Crippen LogP contribution in [-0.4, -0.2) is 17.3 Å². The fourth-order valence-corrected chi connectivity index (χ4v) is 5.74. The van der Waals surface area contributed by atoms with Crippen LogP contribution in [0, 0.1) is 5.41 Å². The number of halogens is 2. The molecule has 25 heavy (non-hydrogen) atoms. The minimum absolute atomic E-state index is 0.150. The Balaban J connectivity index is 1.69. The van der Waals surface area contributed by atoms with Crippen molar-refractivity contribution in [2.24, 2.45) is 10.4 Å². The molecule has 2 heterocycles. The third-order valence-corrected chi connectivity index (χ3v) is 7.01. The summed E-state index contributed by atoms with van der Waals surface area (Å²) in [6.07, 6.45) is 3.44. The molecule has 0 saturated carbocycles. The molecule has 5 heteroatoms. The molecule has 0 aliphatic carbocycles. The molecule has 0 unspecified atom stereocenters. The fraction of sp³-hybridized carbons (Fsp3) is 0.350. The molecule has 0 bridgehead atoms. The molecule has 1 N–H and O–H groups in total. The summed E-state index contributed by atoms with van der Waals surface area (Å²) in [6.45, 7) is 0.664. The van der Waals surface area contributed by atoms with Crippen molar-refractivity contribution in [2.75, 3.05) is 16.8 Å². The highest BCUT2D eigenvalue weighted by Crippen LogP contribution is 2.45. The quantitative estimate of drug-likeness (QED) is 0.609. The molecular weight excluding hydrogens is 416 g/mol. The smallest absolute Gasteiger partial charge is 0.108 e. The fourth-order valence-electron chi connectivity index (χ4n) is 3.74. The van der Waals surface area contributed by atoms with Gasteiger partial charge in [0.2, 0.25) is 0 Å². The van der Waals surface area contributed by atoms with E-state index in [1.807, 2.05) is 18.2 Å². The summed E-state index contributed by atoms with van der Waals surface area (Å²) >= 11 is 11.9. The van der Waals surface area contributed by atoms with Gasteiger partial charge in [0.05, 0.1) is 12.2 Å². The lowest BCUT2D eigenvalue weighted by molar-refractivity contribution is 0.377. The number of hydrogen-bond donors (Lipinski definition) is 1. The van der Waals surface area contributed by atoms with E-state index in [9.17, 15) is 0 Å². The first-order chi connectivity index (χ1) is 12.2. The molecule has 0 atom stereocenters. The standard InChI is InChI=1S/C20H20BrClN2S/c21-17-6-2-4-15-12-20(7-9-25-10-8-20)19(24-18(15)17)23-13-14-3-1-5-16(22)11-14/h1-6,11H,7-10,12-13H2,(H,23,24). The van der Waals surface area contributed by atoms with Crippen LogP contribution < -0.4 is 5.32 Å². The zero-order valence-electron chi connectivity index (χ0n) is 13.9. The number of anilines is 1. The number of aliphatic imine (C=N–C) groups is 1. The lowest BCUT2D eigenvalue weighted by Gasteiger charge is -2.42. The molecule has 4 rings (SSSR count). The van der Waals surface area contributed by atoms with Crippen molar-refractivity contribution in [3.63, 3.8) is 0 Å². The number of rotatable bonds is 2. The van der Waals surface area contributed by atoms with Gasteiger partial charge in [0.25, 0.3) is 0 Å². The number of fused-ring (bicyclic) bond motifs is 1. The van der Waals surface area contributed by atoms with Gasteiger partial charge in [0.15, 0.2) is 0 Å². The van der Waals surface area contributed by atoms with E-state index in [1.54, 1.807) is 0 Å². The van der Waals surface area contributed by atoms with Gasteiger partial charge >= 0.3 is 0 Å². The molecule has 2 aromatic carbocycles. The molecule has 130 valence electrons. The second-order valence-corrected chi connectivity index (χ2v) is 9.28. The van der Waals surface area contributed by atoms with Crippen LogP contribution in [0.1, 0.15) is 24.0 Å². The number of thioether (sulfide) groups is 1. The van der Waals surface area contributed by atoms with Gasteiger partial charge in [-0.1, -0.05) is 35.9 Å². The van der Waals surface area contributed by atoms with E-state index in [1.165, 1.54) is 35.6 Å². The van der Waals surface area contributed by atoms with Gasteiger partial charge in [-0.3, -0.25) is 4.99 Å². The van der Waals surface area contributed by atoms with Gasteiger partial charge < -0.3 is 5.32 Å². The minimum Gasteiger partial charge on any atom is -0.342 e. The van der Waals surface area contributed by atoms with Crippen LogP contribution in [0.5, 0.6) is 0 Å². The van der Waals surface area contributed by atoms with Crippen LogP contribution in [-0.2, 0) is 13.0 Å². The van der Waals surface area contributed by atoms with Crippen molar-refractivity contribution in [2.45, 2.75) is 25.8 Å². The number of amidine groups is 1. The molecule has 1 saturated heterocycles. The first kappa shape index (κ1) is 17.4. The van der Waals surface area contributed by atoms with Crippen molar-refractivity contribution in [3.8, 4) is 0 Å². The summed E-state index contributed by atoms with van der Waals surface area (Å²) in [5.74, 6) is 3.56. The van der Waals surface area contributed by atoms with Gasteiger partial charge in [0.1, 0.15) is 5.84 Å². The van der Waals surface area contributed by atoms with Crippen LogP contribution in [0.3, 0.4) is 0 Å². The predicted octanol–water partition coefficient (Wildman–Crippen LogP) is 6.18. The van der Waals surface area contributed by atoms with Crippen LogP contribution in [0.4, 0.5) is 5.69 Å². The van der Waals surface area contributed by atoms with E-state index >= 15 is 0 Å². The average Bonchev–Trinajstić information content (AvgIpc) is 2.61. The number of para-hydroxylation sites is 1.